The highest BCUT2D eigenvalue weighted by molar-refractivity contribution is 5.73. The van der Waals surface area contributed by atoms with Crippen LogP contribution in [0.3, 0.4) is 0 Å². The molecule has 0 saturated heterocycles. The molecule has 0 aliphatic rings. The van der Waals surface area contributed by atoms with Crippen LogP contribution >= 0.6 is 0 Å². The maximum atomic E-state index is 11.9. The minimum atomic E-state index is -0.237. The van der Waals surface area contributed by atoms with Crippen molar-refractivity contribution in [3.63, 3.8) is 0 Å². The third kappa shape index (κ3) is 5.34. The van der Waals surface area contributed by atoms with Crippen LogP contribution < -0.4 is 10.6 Å². The second-order valence-corrected chi connectivity index (χ2v) is 6.49. The number of benzene rings is 1. The van der Waals surface area contributed by atoms with Crippen LogP contribution in [-0.2, 0) is 6.54 Å². The van der Waals surface area contributed by atoms with Crippen molar-refractivity contribution in [2.45, 2.75) is 33.2 Å². The molecular formula is C17H25N5O2. The minimum absolute atomic E-state index is 0.107. The number of aliphatic hydroxyl groups is 1. The normalized spacial score (nSPS) is 11.3. The Balaban J connectivity index is 1.76. The number of nitrogens with one attached hydrogen (secondary N) is 2. The number of amides is 2. The lowest BCUT2D eigenvalue weighted by Crippen LogP contribution is -2.36. The molecule has 0 saturated carbocycles. The van der Waals surface area contributed by atoms with Crippen LogP contribution in [0.25, 0.3) is 5.69 Å². The number of carbonyl (C=O) groups is 1. The molecule has 1 heterocycles. The Labute approximate surface area is 142 Å². The zero-order chi connectivity index (χ0) is 17.4. The molecular weight excluding hydrogens is 306 g/mol. The van der Waals surface area contributed by atoms with Crippen molar-refractivity contribution in [1.82, 2.24) is 25.4 Å². The molecule has 0 radical (unpaired) electrons. The second kappa shape index (κ2) is 8.44. The van der Waals surface area contributed by atoms with E-state index in [4.69, 9.17) is 0 Å². The maximum Gasteiger partial charge on any atom is 0.315 e. The van der Waals surface area contributed by atoms with Gasteiger partial charge in [-0.25, -0.2) is 4.79 Å². The highest BCUT2D eigenvalue weighted by Gasteiger charge is 2.15. The summed E-state index contributed by atoms with van der Waals surface area (Å²) in [5.41, 5.74) is 0.843. The quantitative estimate of drug-likeness (QED) is 0.644. The van der Waals surface area contributed by atoms with E-state index in [1.165, 1.54) is 0 Å². The lowest BCUT2D eigenvalue weighted by atomic mass is 9.89. The first-order valence-electron chi connectivity index (χ1n) is 8.09. The van der Waals surface area contributed by atoms with Crippen molar-refractivity contribution in [1.29, 1.82) is 0 Å². The molecule has 1 aromatic carbocycles. The van der Waals surface area contributed by atoms with E-state index in [-0.39, 0.29) is 18.1 Å². The fourth-order valence-electron chi connectivity index (χ4n) is 2.25. The molecule has 2 aromatic rings. The number of aromatic nitrogens is 3. The minimum Gasteiger partial charge on any atom is -0.396 e. The van der Waals surface area contributed by atoms with Crippen molar-refractivity contribution in [3.05, 3.63) is 42.5 Å². The number of hydrogen-bond donors (Lipinski definition) is 3. The number of hydrogen-bond acceptors (Lipinski definition) is 4. The Bertz CT molecular complexity index is 639. The van der Waals surface area contributed by atoms with Gasteiger partial charge in [-0.2, -0.15) is 0 Å². The van der Waals surface area contributed by atoms with Gasteiger partial charge in [-0.15, -0.1) is 10.2 Å². The smallest absolute Gasteiger partial charge is 0.315 e. The number of urea groups is 1. The summed E-state index contributed by atoms with van der Waals surface area (Å²) in [7, 11) is 0. The van der Waals surface area contributed by atoms with Crippen LogP contribution in [0, 0.1) is 5.41 Å². The Kier molecular flexibility index (Phi) is 6.31. The highest BCUT2D eigenvalue weighted by Crippen LogP contribution is 2.20. The Morgan fingerprint density at radius 2 is 2.00 bits per heavy atom. The van der Waals surface area contributed by atoms with E-state index in [9.17, 15) is 9.90 Å². The topological polar surface area (TPSA) is 92.1 Å². The first-order valence-corrected chi connectivity index (χ1v) is 8.09. The van der Waals surface area contributed by atoms with Gasteiger partial charge in [-0.1, -0.05) is 32.0 Å². The summed E-state index contributed by atoms with van der Waals surface area (Å²) in [5.74, 6) is 0.665. The molecule has 3 N–H and O–H groups in total. The number of rotatable bonds is 8. The van der Waals surface area contributed by atoms with Gasteiger partial charge in [0.15, 0.2) is 5.82 Å². The molecule has 0 spiro atoms. The van der Waals surface area contributed by atoms with Crippen LogP contribution in [0.1, 0.15) is 32.5 Å². The summed E-state index contributed by atoms with van der Waals surface area (Å²) in [6.07, 6.45) is 3.30. The summed E-state index contributed by atoms with van der Waals surface area (Å²) in [4.78, 5) is 11.9. The molecule has 0 atom stereocenters. The van der Waals surface area contributed by atoms with Gasteiger partial charge < -0.3 is 15.7 Å². The van der Waals surface area contributed by atoms with Gasteiger partial charge in [0.2, 0.25) is 0 Å². The molecule has 0 aliphatic carbocycles. The Morgan fingerprint density at radius 3 is 2.71 bits per heavy atom. The van der Waals surface area contributed by atoms with Gasteiger partial charge in [0, 0.05) is 18.8 Å². The van der Waals surface area contributed by atoms with E-state index in [0.717, 1.165) is 18.5 Å². The Morgan fingerprint density at radius 1 is 1.25 bits per heavy atom. The van der Waals surface area contributed by atoms with Crippen molar-refractivity contribution in [2.75, 3.05) is 13.2 Å². The van der Waals surface area contributed by atoms with E-state index < -0.39 is 0 Å². The SMILES string of the molecule is CC(C)(CO)CCCNC(=O)NCc1nncn1-c1ccccc1. The van der Waals surface area contributed by atoms with Crippen molar-refractivity contribution in [3.8, 4) is 5.69 Å². The van der Waals surface area contributed by atoms with Crippen molar-refractivity contribution < 1.29 is 9.90 Å². The maximum absolute atomic E-state index is 11.9. The lowest BCUT2D eigenvalue weighted by Gasteiger charge is -2.21. The molecule has 2 rings (SSSR count). The molecule has 1 aromatic heterocycles. The largest absolute Gasteiger partial charge is 0.396 e. The third-order valence-electron chi connectivity index (χ3n) is 3.80. The second-order valence-electron chi connectivity index (χ2n) is 6.49. The van der Waals surface area contributed by atoms with E-state index in [1.54, 1.807) is 6.33 Å². The van der Waals surface area contributed by atoms with Gasteiger partial charge in [0.05, 0.1) is 6.54 Å². The molecule has 0 unspecified atom stereocenters. The van der Waals surface area contributed by atoms with Gasteiger partial charge in [0.1, 0.15) is 6.33 Å². The summed E-state index contributed by atoms with van der Waals surface area (Å²) in [6.45, 7) is 5.02. The summed E-state index contributed by atoms with van der Waals surface area (Å²) >= 11 is 0. The first kappa shape index (κ1) is 17.9. The van der Waals surface area contributed by atoms with Crippen LogP contribution in [0.4, 0.5) is 4.79 Å². The number of nitrogens with zero attached hydrogens (tertiary/aromatic N) is 3. The first-order chi connectivity index (χ1) is 11.5. The molecule has 2 amide bonds. The molecule has 0 fully saturated rings. The lowest BCUT2D eigenvalue weighted by molar-refractivity contribution is 0.148. The van der Waals surface area contributed by atoms with Gasteiger partial charge in [-0.05, 0) is 30.4 Å². The van der Waals surface area contributed by atoms with Crippen LogP contribution in [-0.4, -0.2) is 39.1 Å². The summed E-state index contributed by atoms with van der Waals surface area (Å²) < 4.78 is 1.84. The summed E-state index contributed by atoms with van der Waals surface area (Å²) in [6, 6.07) is 9.49. The van der Waals surface area contributed by atoms with Crippen LogP contribution in [0.5, 0.6) is 0 Å². The van der Waals surface area contributed by atoms with Crippen molar-refractivity contribution in [2.24, 2.45) is 5.41 Å². The van der Waals surface area contributed by atoms with Crippen molar-refractivity contribution >= 4 is 6.03 Å². The molecule has 130 valence electrons. The van der Waals surface area contributed by atoms with E-state index in [2.05, 4.69) is 20.8 Å². The van der Waals surface area contributed by atoms with Gasteiger partial charge >= 0.3 is 6.03 Å². The third-order valence-corrected chi connectivity index (χ3v) is 3.80. The predicted molar refractivity (Wildman–Crippen MR) is 91.7 cm³/mol. The number of aliphatic hydroxyl groups excluding tert-OH is 1. The summed E-state index contributed by atoms with van der Waals surface area (Å²) in [5, 5.41) is 22.7. The van der Waals surface area contributed by atoms with Gasteiger partial charge in [-0.3, -0.25) is 4.57 Å². The monoisotopic (exact) mass is 331 g/mol. The number of para-hydroxylation sites is 1. The highest BCUT2D eigenvalue weighted by atomic mass is 16.3. The predicted octanol–water partition coefficient (Wildman–Crippen LogP) is 1.87. The van der Waals surface area contributed by atoms with Crippen LogP contribution in [0.15, 0.2) is 36.7 Å². The molecule has 0 bridgehead atoms. The van der Waals surface area contributed by atoms with E-state index in [1.807, 2.05) is 48.7 Å². The fraction of sp³-hybridized carbons (Fsp3) is 0.471. The van der Waals surface area contributed by atoms with Crippen LogP contribution in [0.2, 0.25) is 0 Å². The Hall–Kier alpha value is -2.41. The average molecular weight is 331 g/mol. The molecule has 7 nitrogen and oxygen atoms in total. The zero-order valence-electron chi connectivity index (χ0n) is 14.2. The molecule has 24 heavy (non-hydrogen) atoms. The number of carbonyl (C=O) groups excluding carboxylic acids is 1. The fourth-order valence-corrected chi connectivity index (χ4v) is 2.25. The van der Waals surface area contributed by atoms with E-state index in [0.29, 0.717) is 18.9 Å². The average Bonchev–Trinajstić information content (AvgIpc) is 3.06. The van der Waals surface area contributed by atoms with E-state index >= 15 is 0 Å². The zero-order valence-corrected chi connectivity index (χ0v) is 14.2. The molecule has 0 aliphatic heterocycles. The standard InChI is InChI=1S/C17H25N5O2/c1-17(2,12-23)9-6-10-18-16(24)19-11-15-21-20-13-22(15)14-7-4-3-5-8-14/h3-5,7-8,13,23H,6,9-12H2,1-2H3,(H2,18,19,24). The van der Waals surface area contributed by atoms with Gasteiger partial charge in [0.25, 0.3) is 0 Å². The molecule has 7 heteroatoms.